The van der Waals surface area contributed by atoms with Gasteiger partial charge in [0.1, 0.15) is 5.15 Å². The first-order valence-corrected chi connectivity index (χ1v) is 7.56. The Balaban J connectivity index is 1.83. The fourth-order valence-electron chi connectivity index (χ4n) is 2.24. The first-order valence-electron chi connectivity index (χ1n) is 6.81. The highest BCUT2D eigenvalue weighted by Gasteiger charge is 2.33. The summed E-state index contributed by atoms with van der Waals surface area (Å²) < 4.78 is 0. The summed E-state index contributed by atoms with van der Waals surface area (Å²) in [5.41, 5.74) is 1.51. The van der Waals surface area contributed by atoms with Crippen molar-refractivity contribution in [3.05, 3.63) is 63.9 Å². The first-order chi connectivity index (χ1) is 10.1. The Morgan fingerprint density at radius 1 is 1.19 bits per heavy atom. The molecule has 1 aliphatic rings. The molecule has 1 heterocycles. The van der Waals surface area contributed by atoms with Crippen LogP contribution in [0.2, 0.25) is 10.2 Å². The highest BCUT2D eigenvalue weighted by Crippen LogP contribution is 2.31. The Hall–Kier alpha value is -1.58. The quantitative estimate of drug-likeness (QED) is 0.791. The lowest BCUT2D eigenvalue weighted by Crippen LogP contribution is -2.32. The number of carbonyl (C=O) groups is 1. The van der Waals surface area contributed by atoms with Crippen molar-refractivity contribution in [2.45, 2.75) is 25.4 Å². The largest absolute Gasteiger partial charge is 0.331 e. The molecule has 0 N–H and O–H groups in total. The minimum Gasteiger partial charge on any atom is -0.331 e. The van der Waals surface area contributed by atoms with E-state index >= 15 is 0 Å². The van der Waals surface area contributed by atoms with Crippen molar-refractivity contribution in [1.82, 2.24) is 9.88 Å². The molecule has 1 saturated carbocycles. The molecule has 0 bridgehead atoms. The van der Waals surface area contributed by atoms with Gasteiger partial charge in [0.05, 0.1) is 5.56 Å². The van der Waals surface area contributed by atoms with Crippen LogP contribution in [0.25, 0.3) is 0 Å². The molecule has 1 fully saturated rings. The molecule has 3 rings (SSSR count). The lowest BCUT2D eigenvalue weighted by Gasteiger charge is -2.23. The van der Waals surface area contributed by atoms with Crippen LogP contribution in [0.3, 0.4) is 0 Å². The van der Waals surface area contributed by atoms with Crippen molar-refractivity contribution in [2.24, 2.45) is 0 Å². The van der Waals surface area contributed by atoms with Gasteiger partial charge >= 0.3 is 0 Å². The van der Waals surface area contributed by atoms with Crippen molar-refractivity contribution >= 4 is 29.1 Å². The predicted molar refractivity (Wildman–Crippen MR) is 83.6 cm³/mol. The molecule has 3 nitrogen and oxygen atoms in total. The summed E-state index contributed by atoms with van der Waals surface area (Å²) in [4.78, 5) is 18.5. The number of pyridine rings is 1. The van der Waals surface area contributed by atoms with Crippen LogP contribution in [0, 0.1) is 0 Å². The van der Waals surface area contributed by atoms with E-state index in [4.69, 9.17) is 23.2 Å². The van der Waals surface area contributed by atoms with E-state index in [2.05, 4.69) is 4.98 Å². The molecule has 5 heteroatoms. The number of benzene rings is 1. The summed E-state index contributed by atoms with van der Waals surface area (Å²) in [5, 5.41) is 0.947. The van der Waals surface area contributed by atoms with Crippen LogP contribution in [-0.4, -0.2) is 21.8 Å². The van der Waals surface area contributed by atoms with Crippen molar-refractivity contribution in [1.29, 1.82) is 0 Å². The third kappa shape index (κ3) is 3.36. The summed E-state index contributed by atoms with van der Waals surface area (Å²) in [7, 11) is 0. The summed E-state index contributed by atoms with van der Waals surface area (Å²) >= 11 is 11.9. The molecular weight excluding hydrogens is 307 g/mol. The van der Waals surface area contributed by atoms with E-state index in [0.717, 1.165) is 18.4 Å². The van der Waals surface area contributed by atoms with Gasteiger partial charge < -0.3 is 4.90 Å². The maximum Gasteiger partial charge on any atom is 0.257 e. The third-order valence-corrected chi connectivity index (χ3v) is 4.06. The Labute approximate surface area is 133 Å². The molecule has 0 unspecified atom stereocenters. The molecule has 108 valence electrons. The number of carbonyl (C=O) groups excluding carboxylic acids is 1. The zero-order valence-corrected chi connectivity index (χ0v) is 12.8. The Morgan fingerprint density at radius 2 is 1.90 bits per heavy atom. The molecule has 1 amide bonds. The number of aromatic nitrogens is 1. The van der Waals surface area contributed by atoms with E-state index in [1.54, 1.807) is 18.3 Å². The third-order valence-electron chi connectivity index (χ3n) is 3.50. The van der Waals surface area contributed by atoms with E-state index in [1.165, 1.54) is 0 Å². The normalized spacial score (nSPS) is 14.0. The monoisotopic (exact) mass is 320 g/mol. The summed E-state index contributed by atoms with van der Waals surface area (Å²) in [5.74, 6) is -0.0643. The number of hydrogen-bond donors (Lipinski definition) is 0. The molecule has 1 aliphatic carbocycles. The maximum absolute atomic E-state index is 12.7. The van der Waals surface area contributed by atoms with Crippen LogP contribution in [0.1, 0.15) is 28.8 Å². The van der Waals surface area contributed by atoms with Crippen LogP contribution in [0.5, 0.6) is 0 Å². The van der Waals surface area contributed by atoms with Gasteiger partial charge in [-0.3, -0.25) is 4.79 Å². The van der Waals surface area contributed by atoms with Gasteiger partial charge in [-0.25, -0.2) is 4.98 Å². The number of rotatable bonds is 4. The minimum atomic E-state index is -0.0643. The van der Waals surface area contributed by atoms with Gasteiger partial charge in [-0.05, 0) is 42.7 Å². The zero-order valence-electron chi connectivity index (χ0n) is 11.3. The fourth-order valence-corrected chi connectivity index (χ4v) is 2.57. The summed E-state index contributed by atoms with van der Waals surface area (Å²) in [6.45, 7) is 0.561. The van der Waals surface area contributed by atoms with Gasteiger partial charge in [-0.1, -0.05) is 35.3 Å². The van der Waals surface area contributed by atoms with Crippen molar-refractivity contribution < 1.29 is 4.79 Å². The molecule has 1 aromatic heterocycles. The second-order valence-electron chi connectivity index (χ2n) is 5.13. The van der Waals surface area contributed by atoms with Gasteiger partial charge in [0.2, 0.25) is 0 Å². The average Bonchev–Trinajstić information content (AvgIpc) is 3.31. The van der Waals surface area contributed by atoms with Gasteiger partial charge in [0.25, 0.3) is 5.91 Å². The molecule has 2 aromatic rings. The minimum absolute atomic E-state index is 0.0643. The predicted octanol–water partition coefficient (Wildman–Crippen LogP) is 4.19. The van der Waals surface area contributed by atoms with E-state index in [9.17, 15) is 4.79 Å². The van der Waals surface area contributed by atoms with E-state index in [1.807, 2.05) is 29.2 Å². The summed E-state index contributed by atoms with van der Waals surface area (Å²) in [6, 6.07) is 11.3. The number of halogens is 2. The fraction of sp³-hybridized carbons (Fsp3) is 0.250. The topological polar surface area (TPSA) is 33.2 Å². The molecule has 0 radical (unpaired) electrons. The number of nitrogens with zero attached hydrogens (tertiary/aromatic N) is 2. The lowest BCUT2D eigenvalue weighted by molar-refractivity contribution is 0.0729. The van der Waals surface area contributed by atoms with Crippen molar-refractivity contribution in [3.63, 3.8) is 0 Å². The van der Waals surface area contributed by atoms with Crippen LogP contribution < -0.4 is 0 Å². The molecule has 21 heavy (non-hydrogen) atoms. The second-order valence-corrected chi connectivity index (χ2v) is 5.93. The molecule has 0 aliphatic heterocycles. The molecular formula is C16H14Cl2N2O. The van der Waals surface area contributed by atoms with Gasteiger partial charge in [0.15, 0.2) is 0 Å². The molecule has 0 spiro atoms. The van der Waals surface area contributed by atoms with Crippen molar-refractivity contribution in [2.75, 3.05) is 0 Å². The molecule has 0 saturated heterocycles. The number of amides is 1. The highest BCUT2D eigenvalue weighted by molar-refractivity contribution is 6.32. The van der Waals surface area contributed by atoms with E-state index < -0.39 is 0 Å². The summed E-state index contributed by atoms with van der Waals surface area (Å²) in [6.07, 6.45) is 3.66. The highest BCUT2D eigenvalue weighted by atomic mass is 35.5. The van der Waals surface area contributed by atoms with Crippen molar-refractivity contribution in [3.8, 4) is 0 Å². The van der Waals surface area contributed by atoms with Crippen LogP contribution in [0.15, 0.2) is 42.6 Å². The van der Waals surface area contributed by atoms with Crippen LogP contribution in [-0.2, 0) is 6.54 Å². The standard InChI is InChI=1S/C16H14Cl2N2O/c17-12-5-3-11(4-6-12)10-20(13-7-8-13)16(21)14-2-1-9-19-15(14)18/h1-6,9,13H,7-8,10H2. The SMILES string of the molecule is O=C(c1cccnc1Cl)N(Cc1ccc(Cl)cc1)C1CC1. The number of hydrogen-bond acceptors (Lipinski definition) is 2. The maximum atomic E-state index is 12.7. The van der Waals surface area contributed by atoms with E-state index in [0.29, 0.717) is 23.2 Å². The smallest absolute Gasteiger partial charge is 0.257 e. The molecule has 1 aromatic carbocycles. The Morgan fingerprint density at radius 3 is 2.52 bits per heavy atom. The Bertz CT molecular complexity index is 654. The van der Waals surface area contributed by atoms with Crippen LogP contribution >= 0.6 is 23.2 Å². The average molecular weight is 321 g/mol. The van der Waals surface area contributed by atoms with E-state index in [-0.39, 0.29) is 11.1 Å². The van der Waals surface area contributed by atoms with Gasteiger partial charge in [0, 0.05) is 23.8 Å². The lowest BCUT2D eigenvalue weighted by atomic mass is 10.2. The molecule has 0 atom stereocenters. The van der Waals surface area contributed by atoms with Crippen LogP contribution in [0.4, 0.5) is 0 Å². The van der Waals surface area contributed by atoms with Gasteiger partial charge in [-0.15, -0.1) is 0 Å². The van der Waals surface area contributed by atoms with Gasteiger partial charge in [-0.2, -0.15) is 0 Å². The second kappa shape index (κ2) is 6.04. The first kappa shape index (κ1) is 14.4. The zero-order chi connectivity index (χ0) is 14.8. The Kier molecular flexibility index (Phi) is 4.13.